The Morgan fingerprint density at radius 3 is 2.45 bits per heavy atom. The lowest BCUT2D eigenvalue weighted by Crippen LogP contribution is -2.28. The minimum atomic E-state index is 0.538. The summed E-state index contributed by atoms with van der Waals surface area (Å²) in [6.07, 6.45) is 1.14. The van der Waals surface area contributed by atoms with Crippen molar-refractivity contribution in [1.82, 2.24) is 15.2 Å². The van der Waals surface area contributed by atoms with E-state index >= 15 is 0 Å². The highest BCUT2D eigenvalue weighted by molar-refractivity contribution is 7.15. The fraction of sp³-hybridized carbons (Fsp3) is 0.800. The molecule has 0 amide bonds. The lowest BCUT2D eigenvalue weighted by atomic mass is 10.0. The fourth-order valence-electron chi connectivity index (χ4n) is 1.90. The summed E-state index contributed by atoms with van der Waals surface area (Å²) in [7, 11) is 6.35. The van der Waals surface area contributed by atoms with Gasteiger partial charge in [-0.25, -0.2) is 4.98 Å². The Morgan fingerprint density at radius 2 is 1.90 bits per heavy atom. The number of hydrogen-bond donors (Lipinski definition) is 1. The second-order valence-corrected chi connectivity index (χ2v) is 6.68. The smallest absolute Gasteiger partial charge is 0.185 e. The summed E-state index contributed by atoms with van der Waals surface area (Å²) in [6, 6.07) is 0. The molecule has 20 heavy (non-hydrogen) atoms. The topological polar surface area (TPSA) is 31.4 Å². The van der Waals surface area contributed by atoms with Gasteiger partial charge < -0.3 is 15.1 Å². The number of nitrogens with zero attached hydrogens (tertiary/aromatic N) is 3. The van der Waals surface area contributed by atoms with Gasteiger partial charge in [0.2, 0.25) is 0 Å². The molecule has 4 nitrogen and oxygen atoms in total. The van der Waals surface area contributed by atoms with Crippen molar-refractivity contribution < 1.29 is 0 Å². The van der Waals surface area contributed by atoms with E-state index in [1.807, 2.05) is 11.3 Å². The van der Waals surface area contributed by atoms with E-state index in [9.17, 15) is 0 Å². The molecule has 1 aromatic rings. The van der Waals surface area contributed by atoms with Crippen LogP contribution in [0.4, 0.5) is 5.13 Å². The molecule has 0 fully saturated rings. The van der Waals surface area contributed by atoms with E-state index in [4.69, 9.17) is 4.98 Å². The normalized spacial score (nSPS) is 12.9. The van der Waals surface area contributed by atoms with Crippen molar-refractivity contribution in [2.45, 2.75) is 39.7 Å². The summed E-state index contributed by atoms with van der Waals surface area (Å²) in [5.74, 6) is 0.538. The quantitative estimate of drug-likeness (QED) is 0.759. The van der Waals surface area contributed by atoms with Crippen LogP contribution in [0.15, 0.2) is 0 Å². The van der Waals surface area contributed by atoms with Crippen LogP contribution >= 0.6 is 11.3 Å². The standard InChI is InChI=1S/C15H30N4S/c1-7-12(3)14-13(11-16-8-2)20-15(17-14)19(6)10-9-18(4)5/h12,16H,7-11H2,1-6H3. The van der Waals surface area contributed by atoms with Crippen LogP contribution in [0, 0.1) is 0 Å². The second-order valence-electron chi connectivity index (χ2n) is 5.62. The zero-order valence-electron chi connectivity index (χ0n) is 13.9. The van der Waals surface area contributed by atoms with Gasteiger partial charge in [-0.05, 0) is 33.0 Å². The first-order chi connectivity index (χ1) is 9.49. The number of rotatable bonds is 9. The number of hydrogen-bond acceptors (Lipinski definition) is 5. The maximum Gasteiger partial charge on any atom is 0.185 e. The van der Waals surface area contributed by atoms with Gasteiger partial charge in [-0.2, -0.15) is 0 Å². The van der Waals surface area contributed by atoms with Crippen LogP contribution in [-0.2, 0) is 6.54 Å². The molecule has 1 heterocycles. The number of nitrogens with one attached hydrogen (secondary N) is 1. The summed E-state index contributed by atoms with van der Waals surface area (Å²) in [5, 5.41) is 4.58. The number of thiazole rings is 1. The summed E-state index contributed by atoms with van der Waals surface area (Å²) in [4.78, 5) is 10.8. The van der Waals surface area contributed by atoms with Crippen molar-refractivity contribution >= 4 is 16.5 Å². The Morgan fingerprint density at radius 1 is 1.20 bits per heavy atom. The molecule has 1 unspecified atom stereocenters. The van der Waals surface area contributed by atoms with E-state index in [1.165, 1.54) is 10.6 Å². The van der Waals surface area contributed by atoms with E-state index in [-0.39, 0.29) is 0 Å². The third kappa shape index (κ3) is 5.04. The highest BCUT2D eigenvalue weighted by Gasteiger charge is 2.17. The number of anilines is 1. The summed E-state index contributed by atoms with van der Waals surface area (Å²) in [5.41, 5.74) is 1.28. The molecule has 116 valence electrons. The van der Waals surface area contributed by atoms with Crippen molar-refractivity contribution in [3.05, 3.63) is 10.6 Å². The van der Waals surface area contributed by atoms with Gasteiger partial charge in [0.05, 0.1) is 5.69 Å². The average molecular weight is 299 g/mol. The van der Waals surface area contributed by atoms with Gasteiger partial charge in [-0.15, -0.1) is 11.3 Å². The molecule has 0 saturated heterocycles. The van der Waals surface area contributed by atoms with Crippen LogP contribution in [0.5, 0.6) is 0 Å². The molecule has 1 atom stereocenters. The summed E-state index contributed by atoms with van der Waals surface area (Å²) < 4.78 is 0. The molecule has 1 N–H and O–H groups in total. The minimum absolute atomic E-state index is 0.538. The molecule has 0 saturated carbocycles. The Bertz CT molecular complexity index is 389. The van der Waals surface area contributed by atoms with Gasteiger partial charge in [0.25, 0.3) is 0 Å². The Balaban J connectivity index is 2.83. The molecule has 5 heteroatoms. The maximum absolute atomic E-state index is 4.90. The van der Waals surface area contributed by atoms with Crippen LogP contribution in [0.3, 0.4) is 0 Å². The Labute approximate surface area is 128 Å². The van der Waals surface area contributed by atoms with Crippen molar-refractivity contribution in [3.63, 3.8) is 0 Å². The van der Waals surface area contributed by atoms with Crippen molar-refractivity contribution in [1.29, 1.82) is 0 Å². The van der Waals surface area contributed by atoms with E-state index < -0.39 is 0 Å². The summed E-state index contributed by atoms with van der Waals surface area (Å²) in [6.45, 7) is 10.7. The largest absolute Gasteiger partial charge is 0.350 e. The molecule has 0 aliphatic carbocycles. The van der Waals surface area contributed by atoms with Gasteiger partial charge in [-0.3, -0.25) is 0 Å². The third-order valence-electron chi connectivity index (χ3n) is 3.54. The monoisotopic (exact) mass is 298 g/mol. The first-order valence-corrected chi connectivity index (χ1v) is 8.37. The lowest BCUT2D eigenvalue weighted by molar-refractivity contribution is 0.416. The Kier molecular flexibility index (Phi) is 7.48. The van der Waals surface area contributed by atoms with E-state index in [0.29, 0.717) is 5.92 Å². The van der Waals surface area contributed by atoms with Gasteiger partial charge in [0, 0.05) is 31.6 Å². The predicted octanol–water partition coefficient (Wildman–Crippen LogP) is 2.76. The highest BCUT2D eigenvalue weighted by Crippen LogP contribution is 2.31. The Hall–Kier alpha value is -0.650. The predicted molar refractivity (Wildman–Crippen MR) is 90.0 cm³/mol. The van der Waals surface area contributed by atoms with E-state index in [2.05, 4.69) is 57.0 Å². The zero-order valence-corrected chi connectivity index (χ0v) is 14.7. The average Bonchev–Trinajstić information content (AvgIpc) is 2.85. The van der Waals surface area contributed by atoms with Gasteiger partial charge >= 0.3 is 0 Å². The molecular weight excluding hydrogens is 268 g/mol. The molecule has 0 radical (unpaired) electrons. The molecular formula is C15H30N4S. The molecule has 0 aliphatic rings. The molecule has 0 bridgehead atoms. The first kappa shape index (κ1) is 17.4. The molecule has 0 aromatic carbocycles. The maximum atomic E-state index is 4.90. The molecule has 1 rings (SSSR count). The molecule has 0 spiro atoms. The van der Waals surface area contributed by atoms with Crippen molar-refractivity contribution in [2.24, 2.45) is 0 Å². The van der Waals surface area contributed by atoms with Crippen molar-refractivity contribution in [3.8, 4) is 0 Å². The number of likely N-dealkylation sites (N-methyl/N-ethyl adjacent to an activating group) is 2. The van der Waals surface area contributed by atoms with Crippen LogP contribution < -0.4 is 10.2 Å². The third-order valence-corrected chi connectivity index (χ3v) is 4.73. The number of aromatic nitrogens is 1. The van der Waals surface area contributed by atoms with Gasteiger partial charge in [0.1, 0.15) is 0 Å². The molecule has 1 aromatic heterocycles. The lowest BCUT2D eigenvalue weighted by Gasteiger charge is -2.18. The van der Waals surface area contributed by atoms with Gasteiger partial charge in [-0.1, -0.05) is 20.8 Å². The van der Waals surface area contributed by atoms with Gasteiger partial charge in [0.15, 0.2) is 5.13 Å². The first-order valence-electron chi connectivity index (χ1n) is 7.55. The molecule has 0 aliphatic heterocycles. The van der Waals surface area contributed by atoms with E-state index in [0.717, 1.165) is 37.7 Å². The minimum Gasteiger partial charge on any atom is -0.350 e. The van der Waals surface area contributed by atoms with E-state index in [1.54, 1.807) is 0 Å². The SMILES string of the molecule is CCNCc1sc(N(C)CCN(C)C)nc1C(C)CC. The zero-order chi connectivity index (χ0) is 15.1. The summed E-state index contributed by atoms with van der Waals surface area (Å²) >= 11 is 1.84. The van der Waals surface area contributed by atoms with Crippen LogP contribution in [-0.4, -0.2) is 50.7 Å². The van der Waals surface area contributed by atoms with Crippen LogP contribution in [0.1, 0.15) is 43.7 Å². The fourth-order valence-corrected chi connectivity index (χ4v) is 3.04. The van der Waals surface area contributed by atoms with Crippen LogP contribution in [0.25, 0.3) is 0 Å². The highest BCUT2D eigenvalue weighted by atomic mass is 32.1. The second kappa shape index (κ2) is 8.60. The van der Waals surface area contributed by atoms with Crippen molar-refractivity contribution in [2.75, 3.05) is 45.7 Å². The van der Waals surface area contributed by atoms with Crippen LogP contribution in [0.2, 0.25) is 0 Å².